The van der Waals surface area contributed by atoms with Crippen LogP contribution in [0.5, 0.6) is 0 Å². The van der Waals surface area contributed by atoms with Gasteiger partial charge in [-0.1, -0.05) is 26.2 Å². The van der Waals surface area contributed by atoms with Crippen molar-refractivity contribution in [1.82, 2.24) is 14.9 Å². The Kier molecular flexibility index (Phi) is 5.49. The van der Waals surface area contributed by atoms with Crippen molar-refractivity contribution in [3.05, 3.63) is 18.1 Å². The summed E-state index contributed by atoms with van der Waals surface area (Å²) in [5.41, 5.74) is 1.38. The van der Waals surface area contributed by atoms with Crippen molar-refractivity contribution in [3.63, 3.8) is 0 Å². The van der Waals surface area contributed by atoms with Gasteiger partial charge in [-0.15, -0.1) is 0 Å². The third kappa shape index (κ3) is 3.83. The quantitative estimate of drug-likeness (QED) is 0.873. The Morgan fingerprint density at radius 2 is 2.13 bits per heavy atom. The summed E-state index contributed by atoms with van der Waals surface area (Å²) in [7, 11) is 2.26. The number of rotatable bonds is 6. The second-order valence-electron chi connectivity index (χ2n) is 7.04. The second-order valence-corrected chi connectivity index (χ2v) is 7.04. The molecular weight excluding hydrogens is 288 g/mol. The first-order valence-electron chi connectivity index (χ1n) is 9.08. The summed E-state index contributed by atoms with van der Waals surface area (Å²) in [5.74, 6) is 1.39. The Morgan fingerprint density at radius 3 is 2.83 bits per heavy atom. The highest BCUT2D eigenvalue weighted by Gasteiger charge is 2.35. The van der Waals surface area contributed by atoms with Crippen molar-refractivity contribution in [1.29, 1.82) is 0 Å². The molecule has 0 radical (unpaired) electrons. The van der Waals surface area contributed by atoms with Crippen molar-refractivity contribution in [3.8, 4) is 0 Å². The number of hydrogen-bond donors (Lipinski definition) is 1. The lowest BCUT2D eigenvalue weighted by atomic mass is 9.80. The van der Waals surface area contributed by atoms with Crippen LogP contribution in [0.25, 0.3) is 0 Å². The SMILES string of the molecule is CCN(C)C1(CNc2cc(C3CCOC3)ncn2)CCCCC1. The van der Waals surface area contributed by atoms with Gasteiger partial charge < -0.3 is 10.1 Å². The van der Waals surface area contributed by atoms with Gasteiger partial charge in [0.05, 0.1) is 12.3 Å². The Bertz CT molecular complexity index is 496. The standard InChI is InChI=1S/C18H30N4O/c1-3-22(2)18(8-5-4-6-9-18)13-19-17-11-16(20-14-21-17)15-7-10-23-12-15/h11,14-15H,3-10,12-13H2,1-2H3,(H,19,20,21). The van der Waals surface area contributed by atoms with E-state index in [4.69, 9.17) is 4.74 Å². The van der Waals surface area contributed by atoms with E-state index >= 15 is 0 Å². The first-order valence-corrected chi connectivity index (χ1v) is 9.08. The largest absolute Gasteiger partial charge is 0.381 e. The van der Waals surface area contributed by atoms with Crippen LogP contribution in [-0.4, -0.2) is 53.8 Å². The van der Waals surface area contributed by atoms with Crippen LogP contribution in [-0.2, 0) is 4.74 Å². The molecule has 1 unspecified atom stereocenters. The maximum atomic E-state index is 5.48. The van der Waals surface area contributed by atoms with Crippen LogP contribution in [0.3, 0.4) is 0 Å². The number of aromatic nitrogens is 2. The summed E-state index contributed by atoms with van der Waals surface area (Å²) in [4.78, 5) is 11.4. The van der Waals surface area contributed by atoms with Crippen molar-refractivity contribution in [2.45, 2.75) is 56.9 Å². The summed E-state index contributed by atoms with van der Waals surface area (Å²) in [6, 6.07) is 2.11. The molecule has 1 N–H and O–H groups in total. The van der Waals surface area contributed by atoms with Gasteiger partial charge in [0.25, 0.3) is 0 Å². The van der Waals surface area contributed by atoms with E-state index in [-0.39, 0.29) is 5.54 Å². The minimum atomic E-state index is 0.272. The van der Waals surface area contributed by atoms with Crippen molar-refractivity contribution >= 4 is 5.82 Å². The fourth-order valence-corrected chi connectivity index (χ4v) is 3.95. The van der Waals surface area contributed by atoms with Crippen molar-refractivity contribution in [2.75, 3.05) is 38.7 Å². The molecule has 0 spiro atoms. The summed E-state index contributed by atoms with van der Waals surface area (Å²) >= 11 is 0. The van der Waals surface area contributed by atoms with E-state index in [0.717, 1.165) is 44.2 Å². The normalized spacial score (nSPS) is 24.0. The van der Waals surface area contributed by atoms with E-state index in [0.29, 0.717) is 5.92 Å². The molecule has 1 aromatic rings. The minimum absolute atomic E-state index is 0.272. The maximum Gasteiger partial charge on any atom is 0.129 e. The van der Waals surface area contributed by atoms with Crippen LogP contribution in [0.2, 0.25) is 0 Å². The zero-order valence-corrected chi connectivity index (χ0v) is 14.6. The fourth-order valence-electron chi connectivity index (χ4n) is 3.95. The molecule has 2 heterocycles. The average Bonchev–Trinajstić information content (AvgIpc) is 3.15. The molecule has 1 aliphatic heterocycles. The highest BCUT2D eigenvalue weighted by molar-refractivity contribution is 5.36. The van der Waals surface area contributed by atoms with Crippen LogP contribution >= 0.6 is 0 Å². The van der Waals surface area contributed by atoms with Gasteiger partial charge >= 0.3 is 0 Å². The first kappa shape index (κ1) is 16.7. The molecular formula is C18H30N4O. The van der Waals surface area contributed by atoms with Crippen LogP contribution in [0, 0.1) is 0 Å². The fraction of sp³-hybridized carbons (Fsp3) is 0.778. The molecule has 0 bridgehead atoms. The summed E-state index contributed by atoms with van der Waals surface area (Å²) in [6.45, 7) is 5.95. The Morgan fingerprint density at radius 1 is 1.30 bits per heavy atom. The summed E-state index contributed by atoms with van der Waals surface area (Å²) in [6.07, 6.45) is 9.35. The number of anilines is 1. The lowest BCUT2D eigenvalue weighted by Gasteiger charge is -2.44. The Hall–Kier alpha value is -1.20. The zero-order valence-electron chi connectivity index (χ0n) is 14.6. The van der Waals surface area contributed by atoms with Crippen molar-refractivity contribution in [2.24, 2.45) is 0 Å². The monoisotopic (exact) mass is 318 g/mol. The number of ether oxygens (including phenoxy) is 1. The Balaban J connectivity index is 1.67. The molecule has 1 saturated carbocycles. The van der Waals surface area contributed by atoms with Gasteiger partial charge in [-0.3, -0.25) is 4.90 Å². The van der Waals surface area contributed by atoms with Gasteiger partial charge in [-0.25, -0.2) is 9.97 Å². The Labute approximate surface area is 139 Å². The van der Waals surface area contributed by atoms with E-state index in [9.17, 15) is 0 Å². The lowest BCUT2D eigenvalue weighted by Crippen LogP contribution is -2.52. The predicted octanol–water partition coefficient (Wildman–Crippen LogP) is 3.05. The maximum absolute atomic E-state index is 5.48. The molecule has 23 heavy (non-hydrogen) atoms. The molecule has 3 rings (SSSR count). The number of likely N-dealkylation sites (N-methyl/N-ethyl adjacent to an activating group) is 1. The van der Waals surface area contributed by atoms with Crippen molar-refractivity contribution < 1.29 is 4.74 Å². The zero-order chi connectivity index (χ0) is 16.1. The van der Waals surface area contributed by atoms with Gasteiger partial charge in [0, 0.05) is 30.7 Å². The minimum Gasteiger partial charge on any atom is -0.381 e. The molecule has 5 heteroatoms. The molecule has 2 aliphatic rings. The first-order chi connectivity index (χ1) is 11.2. The summed E-state index contributed by atoms with van der Waals surface area (Å²) < 4.78 is 5.48. The molecule has 2 fully saturated rings. The van der Waals surface area contributed by atoms with Crippen LogP contribution in [0.15, 0.2) is 12.4 Å². The van der Waals surface area contributed by atoms with Crippen LogP contribution in [0.4, 0.5) is 5.82 Å². The molecule has 5 nitrogen and oxygen atoms in total. The van der Waals surface area contributed by atoms with Crippen LogP contribution in [0.1, 0.15) is 57.1 Å². The number of hydrogen-bond acceptors (Lipinski definition) is 5. The summed E-state index contributed by atoms with van der Waals surface area (Å²) in [5, 5.41) is 3.60. The predicted molar refractivity (Wildman–Crippen MR) is 92.8 cm³/mol. The molecule has 1 saturated heterocycles. The van der Waals surface area contributed by atoms with Gasteiger partial charge in [0.1, 0.15) is 12.1 Å². The molecule has 1 atom stereocenters. The van der Waals surface area contributed by atoms with E-state index in [2.05, 4.69) is 40.2 Å². The molecule has 0 aromatic carbocycles. The number of nitrogens with one attached hydrogen (secondary N) is 1. The van der Waals surface area contributed by atoms with E-state index in [1.807, 2.05) is 0 Å². The average molecular weight is 318 g/mol. The second kappa shape index (κ2) is 7.58. The van der Waals surface area contributed by atoms with Gasteiger partial charge in [0.2, 0.25) is 0 Å². The van der Waals surface area contributed by atoms with Gasteiger partial charge in [-0.2, -0.15) is 0 Å². The van der Waals surface area contributed by atoms with Gasteiger partial charge in [-0.05, 0) is 32.9 Å². The van der Waals surface area contributed by atoms with E-state index < -0.39 is 0 Å². The van der Waals surface area contributed by atoms with Crippen LogP contribution < -0.4 is 5.32 Å². The smallest absolute Gasteiger partial charge is 0.129 e. The third-order valence-corrected chi connectivity index (χ3v) is 5.70. The highest BCUT2D eigenvalue weighted by atomic mass is 16.5. The lowest BCUT2D eigenvalue weighted by molar-refractivity contribution is 0.0922. The van der Waals surface area contributed by atoms with Gasteiger partial charge in [0.15, 0.2) is 0 Å². The topological polar surface area (TPSA) is 50.3 Å². The van der Waals surface area contributed by atoms with E-state index in [1.165, 1.54) is 32.1 Å². The molecule has 1 aliphatic carbocycles. The number of nitrogens with zero attached hydrogens (tertiary/aromatic N) is 3. The van der Waals surface area contributed by atoms with E-state index in [1.54, 1.807) is 6.33 Å². The highest BCUT2D eigenvalue weighted by Crippen LogP contribution is 2.33. The third-order valence-electron chi connectivity index (χ3n) is 5.70. The molecule has 128 valence electrons. The molecule has 0 amide bonds. The molecule has 1 aromatic heterocycles.